The molecule has 1 heterocycles. The topological polar surface area (TPSA) is 38.8 Å². The first kappa shape index (κ1) is 11.2. The molecule has 80 valence electrons. The summed E-state index contributed by atoms with van der Waals surface area (Å²) in [6, 6.07) is 0. The summed E-state index contributed by atoms with van der Waals surface area (Å²) < 4.78 is 10.2. The molecule has 1 aliphatic heterocycles. The fourth-order valence-electron chi connectivity index (χ4n) is 1.13. The second kappa shape index (κ2) is 5.78. The van der Waals surface area contributed by atoms with Gasteiger partial charge in [-0.15, -0.1) is 0 Å². The summed E-state index contributed by atoms with van der Waals surface area (Å²) in [6.45, 7) is 8.93. The van der Waals surface area contributed by atoms with Crippen LogP contribution in [0.25, 0.3) is 0 Å². The van der Waals surface area contributed by atoms with Crippen molar-refractivity contribution in [3.05, 3.63) is 12.2 Å². The Morgan fingerprint density at radius 3 is 2.71 bits per heavy atom. The van der Waals surface area contributed by atoms with Crippen LogP contribution in [0.1, 0.15) is 13.3 Å². The Morgan fingerprint density at radius 1 is 1.50 bits per heavy atom. The average Bonchev–Trinajstić information content (AvgIpc) is 2.26. The Hall–Kier alpha value is -0.870. The van der Waals surface area contributed by atoms with Gasteiger partial charge in [0.2, 0.25) is 0 Å². The molecule has 0 spiro atoms. The standard InChI is InChI=1S/C10H17NO3/c1-3-9(2)10(12)14-8-11-4-6-13-7-5-11/h2-8H2,1H3. The Morgan fingerprint density at radius 2 is 2.14 bits per heavy atom. The maximum Gasteiger partial charge on any atom is 0.334 e. The summed E-state index contributed by atoms with van der Waals surface area (Å²) in [5.41, 5.74) is 0.526. The number of morpholine rings is 1. The smallest absolute Gasteiger partial charge is 0.334 e. The number of ether oxygens (including phenoxy) is 2. The van der Waals surface area contributed by atoms with Gasteiger partial charge >= 0.3 is 5.97 Å². The molecule has 1 rings (SSSR count). The first-order valence-electron chi connectivity index (χ1n) is 4.89. The van der Waals surface area contributed by atoms with Gasteiger partial charge in [-0.05, 0) is 6.42 Å². The molecule has 1 saturated heterocycles. The molecular formula is C10H17NO3. The summed E-state index contributed by atoms with van der Waals surface area (Å²) in [6.07, 6.45) is 0.641. The zero-order chi connectivity index (χ0) is 10.4. The highest BCUT2D eigenvalue weighted by atomic mass is 16.5. The van der Waals surface area contributed by atoms with E-state index < -0.39 is 0 Å². The highest BCUT2D eigenvalue weighted by molar-refractivity contribution is 5.87. The van der Waals surface area contributed by atoms with E-state index in [1.165, 1.54) is 0 Å². The fourth-order valence-corrected chi connectivity index (χ4v) is 1.13. The quantitative estimate of drug-likeness (QED) is 0.495. The number of esters is 1. The third-order valence-electron chi connectivity index (χ3n) is 2.20. The zero-order valence-electron chi connectivity index (χ0n) is 8.62. The number of carbonyl (C=O) groups excluding carboxylic acids is 1. The Kier molecular flexibility index (Phi) is 4.62. The number of hydrogen-bond donors (Lipinski definition) is 0. The van der Waals surface area contributed by atoms with Crippen molar-refractivity contribution in [2.24, 2.45) is 0 Å². The number of nitrogens with zero attached hydrogens (tertiary/aromatic N) is 1. The average molecular weight is 199 g/mol. The highest BCUT2D eigenvalue weighted by Gasteiger charge is 2.13. The van der Waals surface area contributed by atoms with E-state index in [9.17, 15) is 4.79 Å². The van der Waals surface area contributed by atoms with Crippen LogP contribution in [0.5, 0.6) is 0 Å². The van der Waals surface area contributed by atoms with Crippen molar-refractivity contribution in [1.29, 1.82) is 0 Å². The van der Waals surface area contributed by atoms with Crippen molar-refractivity contribution < 1.29 is 14.3 Å². The van der Waals surface area contributed by atoms with Crippen molar-refractivity contribution in [2.75, 3.05) is 33.0 Å². The third-order valence-corrected chi connectivity index (χ3v) is 2.20. The molecule has 0 aromatic carbocycles. The van der Waals surface area contributed by atoms with Gasteiger partial charge in [-0.25, -0.2) is 4.79 Å². The highest BCUT2D eigenvalue weighted by Crippen LogP contribution is 2.02. The molecule has 4 nitrogen and oxygen atoms in total. The zero-order valence-corrected chi connectivity index (χ0v) is 8.62. The molecule has 1 fully saturated rings. The molecule has 0 saturated carbocycles. The van der Waals surface area contributed by atoms with Gasteiger partial charge in [0.25, 0.3) is 0 Å². The van der Waals surface area contributed by atoms with Crippen molar-refractivity contribution in [3.8, 4) is 0 Å². The van der Waals surface area contributed by atoms with Gasteiger partial charge in [0.1, 0.15) is 6.73 Å². The second-order valence-electron chi connectivity index (χ2n) is 3.25. The second-order valence-corrected chi connectivity index (χ2v) is 3.25. The minimum atomic E-state index is -0.293. The SMILES string of the molecule is C=C(CC)C(=O)OCN1CCOCC1. The van der Waals surface area contributed by atoms with Gasteiger partial charge in [-0.1, -0.05) is 13.5 Å². The van der Waals surface area contributed by atoms with E-state index in [2.05, 4.69) is 6.58 Å². The summed E-state index contributed by atoms with van der Waals surface area (Å²) in [5, 5.41) is 0. The minimum absolute atomic E-state index is 0.293. The van der Waals surface area contributed by atoms with Crippen LogP contribution in [0, 0.1) is 0 Å². The molecule has 0 unspecified atom stereocenters. The van der Waals surface area contributed by atoms with Gasteiger partial charge < -0.3 is 9.47 Å². The van der Waals surface area contributed by atoms with E-state index in [0.29, 0.717) is 31.9 Å². The molecule has 1 aliphatic rings. The number of hydrogen-bond acceptors (Lipinski definition) is 4. The lowest BCUT2D eigenvalue weighted by Crippen LogP contribution is -2.38. The Bertz CT molecular complexity index is 209. The van der Waals surface area contributed by atoms with Crippen molar-refractivity contribution >= 4 is 5.97 Å². The first-order valence-corrected chi connectivity index (χ1v) is 4.89. The van der Waals surface area contributed by atoms with Crippen LogP contribution >= 0.6 is 0 Å². The largest absolute Gasteiger partial charge is 0.446 e. The monoisotopic (exact) mass is 199 g/mol. The lowest BCUT2D eigenvalue weighted by molar-refractivity contribution is -0.145. The summed E-state index contributed by atoms with van der Waals surface area (Å²) >= 11 is 0. The van der Waals surface area contributed by atoms with Gasteiger partial charge in [-0.3, -0.25) is 4.90 Å². The predicted octanol–water partition coefficient (Wildman–Crippen LogP) is 0.786. The molecule has 0 bridgehead atoms. The molecule has 0 aromatic rings. The molecule has 0 amide bonds. The van der Waals surface area contributed by atoms with Crippen LogP contribution in [0.3, 0.4) is 0 Å². The van der Waals surface area contributed by atoms with Gasteiger partial charge in [0.05, 0.1) is 13.2 Å². The molecule has 0 aliphatic carbocycles. The van der Waals surface area contributed by atoms with E-state index in [0.717, 1.165) is 13.1 Å². The van der Waals surface area contributed by atoms with Crippen molar-refractivity contribution in [3.63, 3.8) is 0 Å². The van der Waals surface area contributed by atoms with Crippen LogP contribution in [-0.4, -0.2) is 43.9 Å². The van der Waals surface area contributed by atoms with Crippen LogP contribution in [0.2, 0.25) is 0 Å². The third kappa shape index (κ3) is 3.47. The molecule has 0 aromatic heterocycles. The summed E-state index contributed by atoms with van der Waals surface area (Å²) in [7, 11) is 0. The molecule has 0 N–H and O–H groups in total. The van der Waals surface area contributed by atoms with Crippen LogP contribution in [0.4, 0.5) is 0 Å². The summed E-state index contributed by atoms with van der Waals surface area (Å²) in [5.74, 6) is -0.293. The number of carbonyl (C=O) groups is 1. The Balaban J connectivity index is 2.18. The van der Waals surface area contributed by atoms with Gasteiger partial charge in [-0.2, -0.15) is 0 Å². The Labute approximate surface area is 84.5 Å². The molecule has 0 atom stereocenters. The maximum atomic E-state index is 11.2. The van der Waals surface area contributed by atoms with E-state index >= 15 is 0 Å². The van der Waals surface area contributed by atoms with Gasteiger partial charge in [0.15, 0.2) is 0 Å². The van der Waals surface area contributed by atoms with E-state index in [4.69, 9.17) is 9.47 Å². The van der Waals surface area contributed by atoms with E-state index in [-0.39, 0.29) is 5.97 Å². The van der Waals surface area contributed by atoms with Crippen LogP contribution in [0.15, 0.2) is 12.2 Å². The molecule has 0 radical (unpaired) electrons. The van der Waals surface area contributed by atoms with Crippen LogP contribution < -0.4 is 0 Å². The minimum Gasteiger partial charge on any atom is -0.446 e. The molecule has 4 heteroatoms. The first-order chi connectivity index (χ1) is 6.74. The maximum absolute atomic E-state index is 11.2. The molecule has 14 heavy (non-hydrogen) atoms. The van der Waals surface area contributed by atoms with E-state index in [1.807, 2.05) is 11.8 Å². The van der Waals surface area contributed by atoms with Gasteiger partial charge in [0, 0.05) is 18.7 Å². The van der Waals surface area contributed by atoms with E-state index in [1.54, 1.807) is 0 Å². The van der Waals surface area contributed by atoms with Crippen LogP contribution in [-0.2, 0) is 14.3 Å². The predicted molar refractivity (Wildman–Crippen MR) is 52.8 cm³/mol. The molecular weight excluding hydrogens is 182 g/mol. The van der Waals surface area contributed by atoms with Crippen molar-refractivity contribution in [1.82, 2.24) is 4.90 Å². The fraction of sp³-hybridized carbons (Fsp3) is 0.700. The number of rotatable bonds is 4. The van der Waals surface area contributed by atoms with Crippen molar-refractivity contribution in [2.45, 2.75) is 13.3 Å². The normalized spacial score (nSPS) is 17.8. The lowest BCUT2D eigenvalue weighted by Gasteiger charge is -2.25. The summed E-state index contributed by atoms with van der Waals surface area (Å²) in [4.78, 5) is 13.3. The lowest BCUT2D eigenvalue weighted by atomic mass is 10.2.